The van der Waals surface area contributed by atoms with Crippen LogP contribution in [-0.2, 0) is 13.0 Å². The van der Waals surface area contributed by atoms with Gasteiger partial charge in [0, 0.05) is 18.4 Å². The van der Waals surface area contributed by atoms with Gasteiger partial charge in [0.2, 0.25) is 0 Å². The molecule has 0 fully saturated rings. The molecule has 2 heterocycles. The predicted octanol–water partition coefficient (Wildman–Crippen LogP) is 1.61. The molecule has 0 saturated carbocycles. The Bertz CT molecular complexity index is 574. The van der Waals surface area contributed by atoms with Crippen LogP contribution in [0.4, 0.5) is 5.69 Å². The van der Waals surface area contributed by atoms with Gasteiger partial charge in [0.15, 0.2) is 5.78 Å². The van der Waals surface area contributed by atoms with Crippen LogP contribution in [-0.4, -0.2) is 20.5 Å². The molecule has 5 heteroatoms. The van der Waals surface area contributed by atoms with Crippen LogP contribution in [0.1, 0.15) is 28.8 Å². The fourth-order valence-corrected chi connectivity index (χ4v) is 1.91. The molecule has 2 rings (SSSR count). The lowest BCUT2D eigenvalue weighted by atomic mass is 10.1. The quantitative estimate of drug-likeness (QED) is 0.829. The van der Waals surface area contributed by atoms with Crippen LogP contribution in [0.25, 0.3) is 0 Å². The van der Waals surface area contributed by atoms with E-state index >= 15 is 0 Å². The second-order valence-corrected chi connectivity index (χ2v) is 4.13. The van der Waals surface area contributed by atoms with Gasteiger partial charge in [-0.2, -0.15) is 5.10 Å². The lowest BCUT2D eigenvalue weighted by Gasteiger charge is -2.05. The highest BCUT2D eigenvalue weighted by molar-refractivity contribution is 5.99. The smallest absolute Gasteiger partial charge is 0.189 e. The van der Waals surface area contributed by atoms with Gasteiger partial charge in [-0.05, 0) is 32.0 Å². The van der Waals surface area contributed by atoms with E-state index in [0.29, 0.717) is 11.4 Å². The zero-order valence-electron chi connectivity index (χ0n) is 10.6. The molecule has 0 saturated heterocycles. The molecule has 0 aromatic carbocycles. The maximum Gasteiger partial charge on any atom is 0.189 e. The van der Waals surface area contributed by atoms with Gasteiger partial charge >= 0.3 is 0 Å². The number of nitrogen functional groups attached to an aromatic ring is 1. The Morgan fingerprint density at radius 3 is 2.94 bits per heavy atom. The Morgan fingerprint density at radius 2 is 2.28 bits per heavy atom. The summed E-state index contributed by atoms with van der Waals surface area (Å²) < 4.78 is 1.83. The average molecular weight is 244 g/mol. The van der Waals surface area contributed by atoms with Crippen LogP contribution in [0.5, 0.6) is 0 Å². The zero-order valence-corrected chi connectivity index (χ0v) is 10.6. The zero-order chi connectivity index (χ0) is 13.1. The number of hydrogen-bond donors (Lipinski definition) is 1. The highest BCUT2D eigenvalue weighted by atomic mass is 16.1. The maximum absolute atomic E-state index is 12.1. The van der Waals surface area contributed by atoms with Crippen molar-refractivity contribution in [1.82, 2.24) is 14.8 Å². The fourth-order valence-electron chi connectivity index (χ4n) is 1.91. The molecule has 2 N–H and O–H groups in total. The van der Waals surface area contributed by atoms with Crippen molar-refractivity contribution in [3.8, 4) is 0 Å². The molecular weight excluding hydrogens is 228 g/mol. The average Bonchev–Trinajstić information content (AvgIpc) is 2.70. The summed E-state index contributed by atoms with van der Waals surface area (Å²) in [5.74, 6) is -0.0808. The minimum Gasteiger partial charge on any atom is -0.397 e. The molecule has 0 aliphatic heterocycles. The molecule has 0 atom stereocenters. The molecule has 0 bridgehead atoms. The van der Waals surface area contributed by atoms with Crippen molar-refractivity contribution in [2.45, 2.75) is 26.8 Å². The number of ketones is 1. The lowest BCUT2D eigenvalue weighted by Crippen LogP contribution is -2.12. The largest absolute Gasteiger partial charge is 0.397 e. The van der Waals surface area contributed by atoms with Gasteiger partial charge in [0.1, 0.15) is 5.69 Å². The summed E-state index contributed by atoms with van der Waals surface area (Å²) in [5.41, 5.74) is 8.30. The van der Waals surface area contributed by atoms with Gasteiger partial charge in [-0.25, -0.2) is 0 Å². The number of Topliss-reactive ketones (excluding diaryl/α,β-unsaturated/α-hetero) is 1. The fraction of sp³-hybridized carbons (Fsp3) is 0.308. The third-order valence-corrected chi connectivity index (χ3v) is 2.73. The molecule has 2 aromatic heterocycles. The third kappa shape index (κ3) is 2.40. The first kappa shape index (κ1) is 12.3. The number of anilines is 1. The Morgan fingerprint density at radius 1 is 1.50 bits per heavy atom. The topological polar surface area (TPSA) is 73.8 Å². The Balaban J connectivity index is 2.24. The number of carbonyl (C=O) groups excluding carboxylic acids is 1. The summed E-state index contributed by atoms with van der Waals surface area (Å²) in [7, 11) is 0. The number of nitrogens with zero attached hydrogens (tertiary/aromatic N) is 3. The second-order valence-electron chi connectivity index (χ2n) is 4.13. The molecule has 0 spiro atoms. The molecule has 18 heavy (non-hydrogen) atoms. The Labute approximate surface area is 106 Å². The van der Waals surface area contributed by atoms with Crippen LogP contribution >= 0.6 is 0 Å². The number of pyridine rings is 1. The first-order valence-corrected chi connectivity index (χ1v) is 5.88. The predicted molar refractivity (Wildman–Crippen MR) is 69.3 cm³/mol. The van der Waals surface area contributed by atoms with E-state index in [4.69, 9.17) is 5.73 Å². The van der Waals surface area contributed by atoms with Gasteiger partial charge in [-0.15, -0.1) is 0 Å². The van der Waals surface area contributed by atoms with Crippen molar-refractivity contribution in [2.24, 2.45) is 0 Å². The van der Waals surface area contributed by atoms with Crippen LogP contribution in [0.2, 0.25) is 0 Å². The number of rotatable bonds is 4. The van der Waals surface area contributed by atoms with Gasteiger partial charge < -0.3 is 5.73 Å². The van der Waals surface area contributed by atoms with E-state index in [-0.39, 0.29) is 12.2 Å². The Hall–Kier alpha value is -2.17. The highest BCUT2D eigenvalue weighted by Gasteiger charge is 2.14. The SMILES string of the molecule is CCn1nc(C)cc1CC(=O)c1ncccc1N. The number of aryl methyl sites for hydroxylation is 2. The van der Waals surface area contributed by atoms with Crippen LogP contribution in [0.3, 0.4) is 0 Å². The van der Waals surface area contributed by atoms with E-state index in [2.05, 4.69) is 10.1 Å². The minimum atomic E-state index is -0.0808. The summed E-state index contributed by atoms with van der Waals surface area (Å²) in [5, 5.41) is 4.31. The van der Waals surface area contributed by atoms with Gasteiger partial charge in [0.05, 0.1) is 17.8 Å². The lowest BCUT2D eigenvalue weighted by molar-refractivity contribution is 0.0986. The van der Waals surface area contributed by atoms with Gasteiger partial charge in [-0.3, -0.25) is 14.5 Å². The summed E-state index contributed by atoms with van der Waals surface area (Å²) in [6.07, 6.45) is 1.85. The Kier molecular flexibility index (Phi) is 3.41. The van der Waals surface area contributed by atoms with Crippen molar-refractivity contribution in [2.75, 3.05) is 5.73 Å². The minimum absolute atomic E-state index is 0.0808. The molecular formula is C13H16N4O. The van der Waals surface area contributed by atoms with E-state index in [1.54, 1.807) is 18.3 Å². The first-order chi connectivity index (χ1) is 8.61. The second kappa shape index (κ2) is 5.00. The van der Waals surface area contributed by atoms with Crippen LogP contribution < -0.4 is 5.73 Å². The highest BCUT2D eigenvalue weighted by Crippen LogP contribution is 2.12. The van der Waals surface area contributed by atoms with Crippen molar-refractivity contribution in [1.29, 1.82) is 0 Å². The molecule has 0 amide bonds. The van der Waals surface area contributed by atoms with E-state index in [0.717, 1.165) is 17.9 Å². The normalized spacial score (nSPS) is 10.6. The van der Waals surface area contributed by atoms with Crippen LogP contribution in [0, 0.1) is 6.92 Å². The number of hydrogen-bond acceptors (Lipinski definition) is 4. The van der Waals surface area contributed by atoms with Crippen molar-refractivity contribution in [3.63, 3.8) is 0 Å². The van der Waals surface area contributed by atoms with E-state index in [1.165, 1.54) is 0 Å². The van der Waals surface area contributed by atoms with E-state index in [1.807, 2.05) is 24.6 Å². The molecule has 0 unspecified atom stereocenters. The van der Waals surface area contributed by atoms with Gasteiger partial charge in [-0.1, -0.05) is 0 Å². The summed E-state index contributed by atoms with van der Waals surface area (Å²) in [6, 6.07) is 5.32. The third-order valence-electron chi connectivity index (χ3n) is 2.73. The molecule has 2 aromatic rings. The van der Waals surface area contributed by atoms with Crippen molar-refractivity contribution in [3.05, 3.63) is 41.5 Å². The summed E-state index contributed by atoms with van der Waals surface area (Å²) in [6.45, 7) is 4.65. The number of carbonyl (C=O) groups is 1. The number of nitrogens with two attached hydrogens (primary N) is 1. The summed E-state index contributed by atoms with van der Waals surface area (Å²) >= 11 is 0. The standard InChI is InChI=1S/C13H16N4O/c1-3-17-10(7-9(2)16-17)8-12(18)13-11(14)5-4-6-15-13/h4-7H,3,8,14H2,1-2H3. The number of aromatic nitrogens is 3. The molecule has 5 nitrogen and oxygen atoms in total. The maximum atomic E-state index is 12.1. The van der Waals surface area contributed by atoms with E-state index < -0.39 is 0 Å². The van der Waals surface area contributed by atoms with Gasteiger partial charge in [0.25, 0.3) is 0 Å². The van der Waals surface area contributed by atoms with Crippen molar-refractivity contribution < 1.29 is 4.79 Å². The van der Waals surface area contributed by atoms with E-state index in [9.17, 15) is 4.79 Å². The molecule has 94 valence electrons. The summed E-state index contributed by atoms with van der Waals surface area (Å²) in [4.78, 5) is 16.2. The first-order valence-electron chi connectivity index (χ1n) is 5.88. The molecule has 0 aliphatic rings. The van der Waals surface area contributed by atoms with Crippen LogP contribution in [0.15, 0.2) is 24.4 Å². The molecule has 0 radical (unpaired) electrons. The monoisotopic (exact) mass is 244 g/mol. The molecule has 0 aliphatic carbocycles. The van der Waals surface area contributed by atoms with Crippen molar-refractivity contribution >= 4 is 11.5 Å².